The van der Waals surface area contributed by atoms with Crippen molar-refractivity contribution in [2.45, 2.75) is 12.8 Å². The van der Waals surface area contributed by atoms with E-state index in [2.05, 4.69) is 0 Å². The number of aryl methyl sites for hydroxylation is 1. The molecule has 0 radical (unpaired) electrons. The molecule has 1 N–H and O–H groups in total. The standard InChI is InChI=1S/C9H8O2S/c10-9(11)7-2-1-3-8-6(7)4-5-12-8/h2,4-5H,1,3H2,(H,10,11). The Balaban J connectivity index is 2.50. The molecule has 1 aliphatic rings. The molecule has 0 saturated carbocycles. The monoisotopic (exact) mass is 180 g/mol. The fourth-order valence-corrected chi connectivity index (χ4v) is 2.34. The fourth-order valence-electron chi connectivity index (χ4n) is 1.43. The van der Waals surface area contributed by atoms with Gasteiger partial charge in [0.25, 0.3) is 0 Å². The van der Waals surface area contributed by atoms with Crippen LogP contribution in [0.15, 0.2) is 17.5 Å². The summed E-state index contributed by atoms with van der Waals surface area (Å²) < 4.78 is 0. The third kappa shape index (κ3) is 1.06. The zero-order valence-corrected chi connectivity index (χ0v) is 7.23. The third-order valence-electron chi connectivity index (χ3n) is 1.99. The topological polar surface area (TPSA) is 37.3 Å². The highest BCUT2D eigenvalue weighted by Gasteiger charge is 2.18. The van der Waals surface area contributed by atoms with E-state index < -0.39 is 5.97 Å². The Morgan fingerprint density at radius 3 is 3.17 bits per heavy atom. The number of rotatable bonds is 1. The van der Waals surface area contributed by atoms with Crippen LogP contribution in [0.2, 0.25) is 0 Å². The molecular weight excluding hydrogens is 172 g/mol. The Kier molecular flexibility index (Phi) is 1.73. The highest BCUT2D eigenvalue weighted by molar-refractivity contribution is 7.10. The first-order valence-corrected chi connectivity index (χ1v) is 4.67. The van der Waals surface area contributed by atoms with Gasteiger partial charge in [0.1, 0.15) is 0 Å². The van der Waals surface area contributed by atoms with Crippen LogP contribution in [0.4, 0.5) is 0 Å². The fraction of sp³-hybridized carbons (Fsp3) is 0.222. The summed E-state index contributed by atoms with van der Waals surface area (Å²) >= 11 is 1.64. The summed E-state index contributed by atoms with van der Waals surface area (Å²) in [5.41, 5.74) is 1.39. The number of allylic oxidation sites excluding steroid dienone is 1. The van der Waals surface area contributed by atoms with Crippen molar-refractivity contribution in [1.82, 2.24) is 0 Å². The second kappa shape index (κ2) is 2.75. The quantitative estimate of drug-likeness (QED) is 0.719. The van der Waals surface area contributed by atoms with Gasteiger partial charge in [-0.3, -0.25) is 0 Å². The van der Waals surface area contributed by atoms with Crippen LogP contribution >= 0.6 is 11.3 Å². The minimum Gasteiger partial charge on any atom is -0.478 e. The number of carbonyl (C=O) groups is 1. The first kappa shape index (κ1) is 7.55. The maximum atomic E-state index is 10.8. The van der Waals surface area contributed by atoms with Crippen LogP contribution < -0.4 is 0 Å². The van der Waals surface area contributed by atoms with E-state index in [1.807, 2.05) is 11.4 Å². The predicted octanol–water partition coefficient (Wildman–Crippen LogP) is 2.16. The second-order valence-electron chi connectivity index (χ2n) is 2.72. The molecule has 0 spiro atoms. The van der Waals surface area contributed by atoms with Crippen LogP contribution in [0.25, 0.3) is 5.57 Å². The van der Waals surface area contributed by atoms with Gasteiger partial charge in [-0.05, 0) is 24.3 Å². The third-order valence-corrected chi connectivity index (χ3v) is 2.97. The average Bonchev–Trinajstić information content (AvgIpc) is 2.49. The smallest absolute Gasteiger partial charge is 0.336 e. The van der Waals surface area contributed by atoms with E-state index in [0.717, 1.165) is 18.4 Å². The Morgan fingerprint density at radius 2 is 2.42 bits per heavy atom. The Hall–Kier alpha value is -1.09. The van der Waals surface area contributed by atoms with Gasteiger partial charge in [-0.1, -0.05) is 6.08 Å². The molecule has 0 bridgehead atoms. The molecule has 0 aliphatic heterocycles. The maximum Gasteiger partial charge on any atom is 0.336 e. The minimum absolute atomic E-state index is 0.470. The number of carboxylic acids is 1. The number of hydrogen-bond acceptors (Lipinski definition) is 2. The van der Waals surface area contributed by atoms with Crippen LogP contribution in [0.3, 0.4) is 0 Å². The van der Waals surface area contributed by atoms with Crippen molar-refractivity contribution in [2.75, 3.05) is 0 Å². The normalized spacial score (nSPS) is 15.2. The van der Waals surface area contributed by atoms with Crippen LogP contribution in [0.5, 0.6) is 0 Å². The lowest BCUT2D eigenvalue weighted by Crippen LogP contribution is -2.04. The molecule has 1 heterocycles. The molecule has 2 rings (SSSR count). The van der Waals surface area contributed by atoms with Gasteiger partial charge in [0.2, 0.25) is 0 Å². The number of hydrogen-bond donors (Lipinski definition) is 1. The maximum absolute atomic E-state index is 10.8. The van der Waals surface area contributed by atoms with E-state index in [4.69, 9.17) is 5.11 Å². The number of carboxylic acid groups (broad SMARTS) is 1. The lowest BCUT2D eigenvalue weighted by Gasteiger charge is -2.08. The van der Waals surface area contributed by atoms with Gasteiger partial charge in [0.15, 0.2) is 0 Å². The molecule has 1 aromatic rings. The van der Waals surface area contributed by atoms with Gasteiger partial charge in [-0.2, -0.15) is 0 Å². The largest absolute Gasteiger partial charge is 0.478 e. The molecule has 1 aliphatic carbocycles. The molecule has 0 aromatic carbocycles. The lowest BCUT2D eigenvalue weighted by atomic mass is 9.98. The van der Waals surface area contributed by atoms with Crippen LogP contribution in [-0.4, -0.2) is 11.1 Å². The summed E-state index contributed by atoms with van der Waals surface area (Å²) in [6.45, 7) is 0. The van der Waals surface area contributed by atoms with Crippen molar-refractivity contribution < 1.29 is 9.90 Å². The second-order valence-corrected chi connectivity index (χ2v) is 3.72. The van der Waals surface area contributed by atoms with Gasteiger partial charge in [-0.15, -0.1) is 11.3 Å². The number of aliphatic carboxylic acids is 1. The molecule has 0 unspecified atom stereocenters. The zero-order valence-electron chi connectivity index (χ0n) is 6.41. The Bertz CT molecular complexity index is 349. The molecule has 12 heavy (non-hydrogen) atoms. The van der Waals surface area contributed by atoms with Crippen molar-refractivity contribution >= 4 is 22.9 Å². The number of fused-ring (bicyclic) bond motifs is 1. The number of thiophene rings is 1. The first-order valence-electron chi connectivity index (χ1n) is 3.79. The van der Waals surface area contributed by atoms with Crippen LogP contribution in [0.1, 0.15) is 16.9 Å². The summed E-state index contributed by atoms with van der Waals surface area (Å²) in [7, 11) is 0. The molecule has 0 amide bonds. The SMILES string of the molecule is O=C(O)C1=CCCc2sccc21. The first-order chi connectivity index (χ1) is 5.79. The molecule has 0 atom stereocenters. The van der Waals surface area contributed by atoms with Crippen LogP contribution in [-0.2, 0) is 11.2 Å². The summed E-state index contributed by atoms with van der Waals surface area (Å²) in [5, 5.41) is 10.8. The van der Waals surface area contributed by atoms with E-state index in [-0.39, 0.29) is 0 Å². The highest BCUT2D eigenvalue weighted by Crippen LogP contribution is 2.30. The Morgan fingerprint density at radius 1 is 1.58 bits per heavy atom. The van der Waals surface area contributed by atoms with Crippen molar-refractivity contribution in [1.29, 1.82) is 0 Å². The molecular formula is C9H8O2S. The van der Waals surface area contributed by atoms with E-state index >= 15 is 0 Å². The molecule has 0 fully saturated rings. The highest BCUT2D eigenvalue weighted by atomic mass is 32.1. The summed E-state index contributed by atoms with van der Waals surface area (Å²) in [5.74, 6) is -0.811. The Labute approximate surface area is 74.2 Å². The molecule has 2 nitrogen and oxygen atoms in total. The lowest BCUT2D eigenvalue weighted by molar-refractivity contribution is -0.130. The van der Waals surface area contributed by atoms with Crippen molar-refractivity contribution in [3.05, 3.63) is 28.0 Å². The summed E-state index contributed by atoms with van der Waals surface area (Å²) in [4.78, 5) is 12.0. The zero-order chi connectivity index (χ0) is 8.55. The van der Waals surface area contributed by atoms with Crippen molar-refractivity contribution in [3.8, 4) is 0 Å². The van der Waals surface area contributed by atoms with E-state index in [9.17, 15) is 4.79 Å². The van der Waals surface area contributed by atoms with Gasteiger partial charge >= 0.3 is 5.97 Å². The van der Waals surface area contributed by atoms with Gasteiger partial charge in [-0.25, -0.2) is 4.79 Å². The van der Waals surface area contributed by atoms with E-state index in [0.29, 0.717) is 5.57 Å². The predicted molar refractivity (Wildman–Crippen MR) is 48.3 cm³/mol. The molecule has 0 saturated heterocycles. The van der Waals surface area contributed by atoms with Gasteiger partial charge in [0, 0.05) is 10.4 Å². The summed E-state index contributed by atoms with van der Waals surface area (Å²) in [6, 6.07) is 1.89. The van der Waals surface area contributed by atoms with Crippen molar-refractivity contribution in [3.63, 3.8) is 0 Å². The average molecular weight is 180 g/mol. The van der Waals surface area contributed by atoms with Crippen molar-refractivity contribution in [2.24, 2.45) is 0 Å². The van der Waals surface area contributed by atoms with Gasteiger partial charge in [0.05, 0.1) is 5.57 Å². The van der Waals surface area contributed by atoms with E-state index in [1.165, 1.54) is 4.88 Å². The molecule has 62 valence electrons. The van der Waals surface area contributed by atoms with E-state index in [1.54, 1.807) is 17.4 Å². The minimum atomic E-state index is -0.811. The van der Waals surface area contributed by atoms with Gasteiger partial charge < -0.3 is 5.11 Å². The molecule has 3 heteroatoms. The summed E-state index contributed by atoms with van der Waals surface area (Å²) in [6.07, 6.45) is 3.65. The van der Waals surface area contributed by atoms with Crippen LogP contribution in [0, 0.1) is 0 Å². The molecule has 1 aromatic heterocycles.